The Balaban J connectivity index is 0.000000212. The summed E-state index contributed by atoms with van der Waals surface area (Å²) in [6.45, 7) is 0. The van der Waals surface area contributed by atoms with Gasteiger partial charge in [-0.05, 0) is 17.7 Å². The molecule has 3 rings (SSSR count). The van der Waals surface area contributed by atoms with Gasteiger partial charge in [-0.15, -0.1) is 0 Å². The molecule has 134 valence electrons. The van der Waals surface area contributed by atoms with Crippen molar-refractivity contribution in [2.24, 2.45) is 5.73 Å². The third kappa shape index (κ3) is 5.73. The molecular formula is C18H16N2O5S. The quantitative estimate of drug-likeness (QED) is 0.785. The van der Waals surface area contributed by atoms with Crippen LogP contribution < -0.4 is 5.73 Å². The molecule has 26 heavy (non-hydrogen) atoms. The molecule has 2 aromatic rings. The standard InChI is InChI=1S/C11H8N2O2.C7H8O3S/c12-6-7-2-1-3-8(4-7)11-9(14)5-10(13)15-11;8-11(9,10)6-7-4-2-1-3-5-7/h1-5,11H,13H2;1-5H,6H2,(H,8,9,10)/i11D;6D2. The fraction of sp³-hybridized carbons (Fsp3) is 0.111. The van der Waals surface area contributed by atoms with E-state index in [1.165, 1.54) is 30.3 Å². The second-order valence-electron chi connectivity index (χ2n) is 4.98. The second-order valence-corrected chi connectivity index (χ2v) is 6.13. The summed E-state index contributed by atoms with van der Waals surface area (Å²) < 4.78 is 57.1. The van der Waals surface area contributed by atoms with Gasteiger partial charge in [0.15, 0.2) is 12.0 Å². The topological polar surface area (TPSA) is 130 Å². The number of hydrogen-bond acceptors (Lipinski definition) is 6. The highest BCUT2D eigenvalue weighted by Crippen LogP contribution is 2.26. The van der Waals surface area contributed by atoms with Crippen molar-refractivity contribution < 1.29 is 26.6 Å². The maximum absolute atomic E-state index is 11.6. The maximum Gasteiger partial charge on any atom is 0.269 e. The van der Waals surface area contributed by atoms with Crippen LogP contribution in [0.1, 0.15) is 26.9 Å². The van der Waals surface area contributed by atoms with E-state index in [2.05, 4.69) is 0 Å². The van der Waals surface area contributed by atoms with Gasteiger partial charge in [0.1, 0.15) is 5.70 Å². The Morgan fingerprint density at radius 1 is 1.27 bits per heavy atom. The van der Waals surface area contributed by atoms with Gasteiger partial charge in [-0.1, -0.05) is 42.5 Å². The minimum Gasteiger partial charge on any atom is -0.463 e. The monoisotopic (exact) mass is 375 g/mol. The summed E-state index contributed by atoms with van der Waals surface area (Å²) in [4.78, 5) is 11.6. The van der Waals surface area contributed by atoms with E-state index in [-0.39, 0.29) is 11.4 Å². The lowest BCUT2D eigenvalue weighted by atomic mass is 10.0. The van der Waals surface area contributed by atoms with Crippen molar-refractivity contribution in [1.82, 2.24) is 0 Å². The van der Waals surface area contributed by atoms with Gasteiger partial charge in [0, 0.05) is 11.6 Å². The zero-order valence-corrected chi connectivity index (χ0v) is 14.1. The lowest BCUT2D eigenvalue weighted by Gasteiger charge is -2.10. The molecule has 0 saturated heterocycles. The lowest BCUT2D eigenvalue weighted by molar-refractivity contribution is -0.120. The smallest absolute Gasteiger partial charge is 0.269 e. The van der Waals surface area contributed by atoms with Gasteiger partial charge in [0.2, 0.25) is 5.78 Å². The molecule has 0 bridgehead atoms. The van der Waals surface area contributed by atoms with Crippen molar-refractivity contribution in [2.75, 3.05) is 0 Å². The van der Waals surface area contributed by atoms with Gasteiger partial charge in [0.05, 0.1) is 15.7 Å². The summed E-state index contributed by atoms with van der Waals surface area (Å²) in [6.07, 6.45) is -0.775. The SMILES string of the molecule is [2H]C([2H])(c1ccccc1)S(=O)(=O)O.[2H]C1(c2cccc(C#N)c2)OC(N)=CC1=O. The molecule has 1 heterocycles. The first-order chi connectivity index (χ1) is 13.4. The molecule has 0 fully saturated rings. The van der Waals surface area contributed by atoms with Crippen molar-refractivity contribution in [3.8, 4) is 6.07 Å². The number of ketones is 1. The minimum absolute atomic E-state index is 0.0811. The molecule has 0 saturated carbocycles. The van der Waals surface area contributed by atoms with Crippen LogP contribution >= 0.6 is 0 Å². The van der Waals surface area contributed by atoms with Crippen LogP contribution in [-0.2, 0) is 25.4 Å². The molecule has 3 N–H and O–H groups in total. The molecule has 1 unspecified atom stereocenters. The van der Waals surface area contributed by atoms with Crippen molar-refractivity contribution in [3.63, 3.8) is 0 Å². The molecule has 8 heteroatoms. The molecule has 0 aromatic heterocycles. The molecule has 0 aliphatic carbocycles. The van der Waals surface area contributed by atoms with Gasteiger partial charge in [-0.2, -0.15) is 13.7 Å². The fourth-order valence-electron chi connectivity index (χ4n) is 1.98. The zero-order valence-electron chi connectivity index (χ0n) is 16.3. The molecule has 0 amide bonds. The molecule has 2 aromatic carbocycles. The van der Waals surface area contributed by atoms with E-state index < -0.39 is 27.7 Å². The molecule has 0 spiro atoms. The predicted octanol–water partition coefficient (Wildman–Crippen LogP) is 2.07. The lowest BCUT2D eigenvalue weighted by Crippen LogP contribution is -2.08. The Kier molecular flexibility index (Phi) is 4.82. The Labute approximate surface area is 155 Å². The van der Waals surface area contributed by atoms with Gasteiger partial charge >= 0.3 is 0 Å². The van der Waals surface area contributed by atoms with Gasteiger partial charge in [-0.3, -0.25) is 9.35 Å². The molecule has 1 aliphatic heterocycles. The summed E-state index contributed by atoms with van der Waals surface area (Å²) in [5.41, 5.74) is 3.18. The van der Waals surface area contributed by atoms with Crippen LogP contribution in [0.5, 0.6) is 0 Å². The Bertz CT molecular complexity index is 1100. The number of nitriles is 1. The van der Waals surface area contributed by atoms with Gasteiger partial charge < -0.3 is 10.5 Å². The highest BCUT2D eigenvalue weighted by molar-refractivity contribution is 7.85. The average Bonchev–Trinajstić information content (AvgIpc) is 2.95. The van der Waals surface area contributed by atoms with E-state index in [0.29, 0.717) is 11.1 Å². The number of nitrogens with two attached hydrogens (primary N) is 1. The molecule has 1 atom stereocenters. The van der Waals surface area contributed by atoms with E-state index in [4.69, 9.17) is 24.4 Å². The largest absolute Gasteiger partial charge is 0.463 e. The van der Waals surface area contributed by atoms with Gasteiger partial charge in [0.25, 0.3) is 10.1 Å². The highest BCUT2D eigenvalue weighted by Gasteiger charge is 2.27. The van der Waals surface area contributed by atoms with Crippen LogP contribution in [-0.4, -0.2) is 18.8 Å². The van der Waals surface area contributed by atoms with E-state index in [0.717, 1.165) is 6.08 Å². The van der Waals surface area contributed by atoms with Crippen LogP contribution in [0, 0.1) is 11.3 Å². The normalized spacial score (nSPS) is 21.0. The predicted molar refractivity (Wildman–Crippen MR) is 94.0 cm³/mol. The van der Waals surface area contributed by atoms with Crippen LogP contribution in [0.2, 0.25) is 0 Å². The summed E-state index contributed by atoms with van der Waals surface area (Å²) in [7, 11) is -4.72. The van der Waals surface area contributed by atoms with Crippen LogP contribution in [0.3, 0.4) is 0 Å². The van der Waals surface area contributed by atoms with Crippen molar-refractivity contribution in [2.45, 2.75) is 11.8 Å². The summed E-state index contributed by atoms with van der Waals surface area (Å²) in [5.74, 6) is -0.623. The Morgan fingerprint density at radius 2 is 1.96 bits per heavy atom. The van der Waals surface area contributed by atoms with Crippen molar-refractivity contribution in [1.29, 1.82) is 5.26 Å². The molecule has 1 aliphatic rings. The van der Waals surface area contributed by atoms with E-state index in [1.54, 1.807) is 24.3 Å². The number of rotatable bonds is 3. The average molecular weight is 375 g/mol. The summed E-state index contributed by atoms with van der Waals surface area (Å²) in [5, 5.41) is 8.73. The summed E-state index contributed by atoms with van der Waals surface area (Å²) in [6, 6.07) is 15.3. The second kappa shape index (κ2) is 8.29. The Morgan fingerprint density at radius 3 is 2.50 bits per heavy atom. The zero-order chi connectivity index (χ0) is 21.9. The number of carbonyl (C=O) groups is 1. The van der Waals surface area contributed by atoms with E-state index in [1.807, 2.05) is 6.07 Å². The third-order valence-corrected chi connectivity index (χ3v) is 3.49. The van der Waals surface area contributed by atoms with Crippen molar-refractivity contribution >= 4 is 15.9 Å². The first kappa shape index (κ1) is 15.1. The van der Waals surface area contributed by atoms with Crippen LogP contribution in [0.25, 0.3) is 0 Å². The molecule has 0 radical (unpaired) electrons. The van der Waals surface area contributed by atoms with E-state index >= 15 is 0 Å². The van der Waals surface area contributed by atoms with Crippen molar-refractivity contribution in [3.05, 3.63) is 83.2 Å². The van der Waals surface area contributed by atoms with Crippen LogP contribution in [0.4, 0.5) is 0 Å². The first-order valence-corrected chi connectivity index (χ1v) is 8.59. The summed E-state index contributed by atoms with van der Waals surface area (Å²) >= 11 is 0. The number of hydrogen-bond donors (Lipinski definition) is 2. The van der Waals surface area contributed by atoms with Crippen LogP contribution in [0.15, 0.2) is 66.6 Å². The first-order valence-electron chi connectivity index (χ1n) is 8.65. The number of nitrogens with zero attached hydrogens (tertiary/aromatic N) is 1. The third-order valence-electron chi connectivity index (χ3n) is 2.99. The number of benzene rings is 2. The Hall–Kier alpha value is -3.15. The minimum atomic E-state index is -4.72. The molecular weight excluding hydrogens is 356 g/mol. The maximum atomic E-state index is 11.6. The number of carbonyl (C=O) groups excluding carboxylic acids is 1. The highest BCUT2D eigenvalue weighted by atomic mass is 32.2. The van der Waals surface area contributed by atoms with E-state index in [9.17, 15) is 13.2 Å². The molecule has 7 nitrogen and oxygen atoms in total. The van der Waals surface area contributed by atoms with Gasteiger partial charge in [-0.25, -0.2) is 0 Å². The number of ether oxygens (including phenoxy) is 1. The fourth-order valence-corrected chi connectivity index (χ4v) is 2.41.